The van der Waals surface area contributed by atoms with E-state index in [9.17, 15) is 0 Å². The summed E-state index contributed by atoms with van der Waals surface area (Å²) in [4.78, 5) is 0. The zero-order valence-electron chi connectivity index (χ0n) is 10.9. The van der Waals surface area contributed by atoms with Crippen molar-refractivity contribution in [2.24, 2.45) is 5.92 Å². The maximum absolute atomic E-state index is 5.59. The maximum atomic E-state index is 5.59. The fourth-order valence-corrected chi connectivity index (χ4v) is 3.14. The van der Waals surface area contributed by atoms with Gasteiger partial charge in [-0.05, 0) is 53.5 Å². The van der Waals surface area contributed by atoms with Gasteiger partial charge in [-0.3, -0.25) is 0 Å². The van der Waals surface area contributed by atoms with Gasteiger partial charge >= 0.3 is 0 Å². The highest BCUT2D eigenvalue weighted by Crippen LogP contribution is 2.33. The van der Waals surface area contributed by atoms with Crippen molar-refractivity contribution >= 4 is 15.9 Å². The van der Waals surface area contributed by atoms with Gasteiger partial charge in [0.25, 0.3) is 0 Å². The Labute approximate surface area is 117 Å². The highest BCUT2D eigenvalue weighted by molar-refractivity contribution is 9.10. The zero-order valence-corrected chi connectivity index (χ0v) is 12.5. The van der Waals surface area contributed by atoms with E-state index in [1.54, 1.807) is 7.11 Å². The summed E-state index contributed by atoms with van der Waals surface area (Å²) in [6.45, 7) is 1.74. The fourth-order valence-electron chi connectivity index (χ4n) is 2.58. The third-order valence-electron chi connectivity index (χ3n) is 3.51. The lowest BCUT2D eigenvalue weighted by atomic mass is 9.89. The van der Waals surface area contributed by atoms with Gasteiger partial charge in [0.05, 0.1) is 18.2 Å². The number of halogens is 1. The molecule has 4 heteroatoms. The number of ether oxygens (including phenoxy) is 2. The van der Waals surface area contributed by atoms with Gasteiger partial charge in [-0.1, -0.05) is 6.07 Å². The lowest BCUT2D eigenvalue weighted by Gasteiger charge is -2.30. The molecule has 2 rings (SSSR count). The topological polar surface area (TPSA) is 30.5 Å². The third kappa shape index (κ3) is 3.05. The Morgan fingerprint density at radius 2 is 2.33 bits per heavy atom. The molecule has 0 bridgehead atoms. The van der Waals surface area contributed by atoms with Crippen LogP contribution >= 0.6 is 15.9 Å². The van der Waals surface area contributed by atoms with Gasteiger partial charge in [0.2, 0.25) is 0 Å². The minimum absolute atomic E-state index is 0.340. The number of hydrogen-bond acceptors (Lipinski definition) is 3. The van der Waals surface area contributed by atoms with Gasteiger partial charge in [0, 0.05) is 18.6 Å². The smallest absolute Gasteiger partial charge is 0.133 e. The van der Waals surface area contributed by atoms with Crippen LogP contribution in [0.2, 0.25) is 0 Å². The van der Waals surface area contributed by atoms with E-state index in [1.165, 1.54) is 12.0 Å². The molecule has 0 aromatic heterocycles. The van der Waals surface area contributed by atoms with Crippen LogP contribution in [0.1, 0.15) is 24.4 Å². The molecular weight excluding hydrogens is 294 g/mol. The van der Waals surface area contributed by atoms with Crippen LogP contribution in [0.4, 0.5) is 0 Å². The second-order valence-electron chi connectivity index (χ2n) is 4.64. The van der Waals surface area contributed by atoms with Crippen LogP contribution in [-0.2, 0) is 4.74 Å². The average Bonchev–Trinajstić information content (AvgIpc) is 2.41. The molecule has 1 saturated heterocycles. The van der Waals surface area contributed by atoms with Crippen LogP contribution in [0.15, 0.2) is 22.7 Å². The van der Waals surface area contributed by atoms with Crippen molar-refractivity contribution in [2.45, 2.75) is 18.9 Å². The Hall–Kier alpha value is -0.580. The molecule has 1 heterocycles. The summed E-state index contributed by atoms with van der Waals surface area (Å²) in [6, 6.07) is 6.61. The van der Waals surface area contributed by atoms with Gasteiger partial charge in [-0.2, -0.15) is 0 Å². The van der Waals surface area contributed by atoms with E-state index in [-0.39, 0.29) is 0 Å². The number of methoxy groups -OCH3 is 1. The molecule has 0 aliphatic carbocycles. The summed E-state index contributed by atoms with van der Waals surface area (Å²) in [5, 5.41) is 3.41. The van der Waals surface area contributed by atoms with Crippen LogP contribution in [0, 0.1) is 5.92 Å². The van der Waals surface area contributed by atoms with Crippen LogP contribution in [-0.4, -0.2) is 27.4 Å². The van der Waals surface area contributed by atoms with Crippen molar-refractivity contribution < 1.29 is 9.47 Å². The van der Waals surface area contributed by atoms with Gasteiger partial charge in [-0.15, -0.1) is 0 Å². The lowest BCUT2D eigenvalue weighted by Crippen LogP contribution is -2.31. The Balaban J connectivity index is 2.18. The molecular formula is C14H20BrNO2. The van der Waals surface area contributed by atoms with Gasteiger partial charge in [0.1, 0.15) is 5.75 Å². The highest BCUT2D eigenvalue weighted by atomic mass is 79.9. The Bertz CT molecular complexity index is 391. The number of rotatable bonds is 4. The molecule has 1 aliphatic heterocycles. The fraction of sp³-hybridized carbons (Fsp3) is 0.571. The summed E-state index contributed by atoms with van der Waals surface area (Å²) in [5.74, 6) is 1.41. The van der Waals surface area contributed by atoms with E-state index in [0.717, 1.165) is 29.9 Å². The standard InChI is InChI=1S/C14H20BrNO2/c1-16-14(11-4-3-7-18-9-11)10-5-6-13(17-2)12(15)8-10/h5-6,8,11,14,16H,3-4,7,9H2,1-2H3. The van der Waals surface area contributed by atoms with Crippen molar-refractivity contribution in [1.29, 1.82) is 0 Å². The number of nitrogens with one attached hydrogen (secondary N) is 1. The normalized spacial score (nSPS) is 21.6. The molecule has 0 amide bonds. The minimum atomic E-state index is 0.340. The van der Waals surface area contributed by atoms with E-state index in [2.05, 4.69) is 33.4 Å². The average molecular weight is 314 g/mol. The monoisotopic (exact) mass is 313 g/mol. The van der Waals surface area contributed by atoms with Crippen molar-refractivity contribution in [3.05, 3.63) is 28.2 Å². The van der Waals surface area contributed by atoms with Crippen molar-refractivity contribution in [2.75, 3.05) is 27.4 Å². The first-order valence-corrected chi connectivity index (χ1v) is 7.14. The largest absolute Gasteiger partial charge is 0.496 e. The molecule has 1 aromatic rings. The third-order valence-corrected chi connectivity index (χ3v) is 4.13. The van der Waals surface area contributed by atoms with Crippen molar-refractivity contribution in [3.8, 4) is 5.75 Å². The predicted molar refractivity (Wildman–Crippen MR) is 76.0 cm³/mol. The maximum Gasteiger partial charge on any atom is 0.133 e. The van der Waals surface area contributed by atoms with Crippen molar-refractivity contribution in [3.63, 3.8) is 0 Å². The van der Waals surface area contributed by atoms with E-state index < -0.39 is 0 Å². The van der Waals surface area contributed by atoms with E-state index in [4.69, 9.17) is 9.47 Å². The van der Waals surface area contributed by atoms with Crippen LogP contribution < -0.4 is 10.1 Å². The molecule has 0 saturated carbocycles. The van der Waals surface area contributed by atoms with Crippen LogP contribution in [0.5, 0.6) is 5.75 Å². The summed E-state index contributed by atoms with van der Waals surface area (Å²) in [5.41, 5.74) is 1.28. The zero-order chi connectivity index (χ0) is 13.0. The summed E-state index contributed by atoms with van der Waals surface area (Å²) >= 11 is 3.54. The van der Waals surface area contributed by atoms with Gasteiger partial charge < -0.3 is 14.8 Å². The second kappa shape index (κ2) is 6.55. The van der Waals surface area contributed by atoms with Gasteiger partial charge in [0.15, 0.2) is 0 Å². The molecule has 18 heavy (non-hydrogen) atoms. The molecule has 2 atom stereocenters. The Morgan fingerprint density at radius 3 is 2.89 bits per heavy atom. The highest BCUT2D eigenvalue weighted by Gasteiger charge is 2.24. The first-order chi connectivity index (χ1) is 8.76. The summed E-state index contributed by atoms with van der Waals surface area (Å²) in [7, 11) is 3.70. The number of benzene rings is 1. The summed E-state index contributed by atoms with van der Waals surface area (Å²) < 4.78 is 11.9. The molecule has 3 nitrogen and oxygen atoms in total. The van der Waals surface area contributed by atoms with E-state index >= 15 is 0 Å². The Kier molecular flexibility index (Phi) is 5.03. The molecule has 0 spiro atoms. The first kappa shape index (κ1) is 13.8. The van der Waals surface area contributed by atoms with Crippen LogP contribution in [0.25, 0.3) is 0 Å². The quantitative estimate of drug-likeness (QED) is 0.926. The predicted octanol–water partition coefficient (Wildman–Crippen LogP) is 3.14. The van der Waals surface area contributed by atoms with Gasteiger partial charge in [-0.25, -0.2) is 0 Å². The molecule has 2 unspecified atom stereocenters. The molecule has 1 aromatic carbocycles. The SMILES string of the molecule is CNC(c1ccc(OC)c(Br)c1)C1CCCOC1. The van der Waals surface area contributed by atoms with E-state index in [0.29, 0.717) is 12.0 Å². The van der Waals surface area contributed by atoms with Crippen LogP contribution in [0.3, 0.4) is 0 Å². The lowest BCUT2D eigenvalue weighted by molar-refractivity contribution is 0.0402. The molecule has 1 fully saturated rings. The number of hydrogen-bond donors (Lipinski definition) is 1. The summed E-state index contributed by atoms with van der Waals surface area (Å²) in [6.07, 6.45) is 2.37. The molecule has 1 aliphatic rings. The molecule has 100 valence electrons. The minimum Gasteiger partial charge on any atom is -0.496 e. The molecule has 0 radical (unpaired) electrons. The van der Waals surface area contributed by atoms with E-state index in [1.807, 2.05) is 13.1 Å². The Morgan fingerprint density at radius 1 is 1.50 bits per heavy atom. The second-order valence-corrected chi connectivity index (χ2v) is 5.49. The first-order valence-electron chi connectivity index (χ1n) is 6.34. The van der Waals surface area contributed by atoms with Crippen molar-refractivity contribution in [1.82, 2.24) is 5.32 Å². The molecule has 1 N–H and O–H groups in total.